The van der Waals surface area contributed by atoms with Gasteiger partial charge in [-0.1, -0.05) is 208 Å². The standard InChI is InChI=1S/C72H54N2O/c1-4-5-6-9-16-52-25-27-54(28-26-52)57-33-40-63(41-34-57)73(64-42-35-58(36-43-64)56-31-29-55(30-32-56)53-17-10-7-11-18-53)51(3)24-23-50(2)59-38-45-71-67(47-59)68-49-61(39-46-72(68)75-71)60-37-44-70-66(48-60)65-21-14-15-22-69(65)74(70)62-19-12-8-13-20-62/h4-13,16-49H,1-3,14-15H2. The second-order valence-corrected chi connectivity index (χ2v) is 19.0. The molecule has 9 aromatic carbocycles. The highest BCUT2D eigenvalue weighted by Gasteiger charge is 2.17. The van der Waals surface area contributed by atoms with E-state index in [9.17, 15) is 0 Å². The molecule has 3 nitrogen and oxygen atoms in total. The molecule has 358 valence electrons. The Labute approximate surface area is 438 Å². The van der Waals surface area contributed by atoms with Crippen molar-refractivity contribution in [3.8, 4) is 50.2 Å². The van der Waals surface area contributed by atoms with Crippen LogP contribution in [0.5, 0.6) is 0 Å². The maximum absolute atomic E-state index is 6.44. The van der Waals surface area contributed by atoms with Gasteiger partial charge in [0.05, 0.1) is 5.52 Å². The Bertz CT molecular complexity index is 4170. The quantitative estimate of drug-likeness (QED) is 0.101. The van der Waals surface area contributed by atoms with Crippen molar-refractivity contribution in [2.45, 2.75) is 12.8 Å². The van der Waals surface area contributed by atoms with Gasteiger partial charge < -0.3 is 13.9 Å². The van der Waals surface area contributed by atoms with E-state index in [0.717, 1.165) is 96.4 Å². The molecule has 0 N–H and O–H groups in total. The minimum absolute atomic E-state index is 0.804. The summed E-state index contributed by atoms with van der Waals surface area (Å²) in [6.07, 6.45) is 20.8. The molecule has 1 aliphatic rings. The van der Waals surface area contributed by atoms with Gasteiger partial charge in [0.15, 0.2) is 0 Å². The SMILES string of the molecule is C=CC=CC=Cc1ccc(-c2ccc(N(C(=C)C=CC(=C)c3ccc4oc5ccc(-c6ccc7c(c6)c6c(n7-c7ccccc7)=CCCC=6)cc5c4c3)c3ccc(-c4ccc(-c5ccccc5)cc4)cc3)cc2)cc1. The number of fused-ring (bicyclic) bond motifs is 6. The highest BCUT2D eigenvalue weighted by atomic mass is 16.3. The van der Waals surface area contributed by atoms with Crippen molar-refractivity contribution in [2.24, 2.45) is 0 Å². The summed E-state index contributed by atoms with van der Waals surface area (Å²) in [7, 11) is 0. The second kappa shape index (κ2) is 20.4. The van der Waals surface area contributed by atoms with E-state index in [4.69, 9.17) is 4.42 Å². The van der Waals surface area contributed by atoms with Gasteiger partial charge in [0.2, 0.25) is 0 Å². The van der Waals surface area contributed by atoms with Crippen molar-refractivity contribution < 1.29 is 4.42 Å². The van der Waals surface area contributed by atoms with Gasteiger partial charge in [-0.25, -0.2) is 0 Å². The third-order valence-electron chi connectivity index (χ3n) is 14.3. The van der Waals surface area contributed by atoms with Crippen LogP contribution in [0.25, 0.3) is 107 Å². The van der Waals surface area contributed by atoms with Crippen molar-refractivity contribution in [3.05, 3.63) is 296 Å². The number of rotatable bonds is 14. The lowest BCUT2D eigenvalue weighted by Crippen LogP contribution is -2.30. The van der Waals surface area contributed by atoms with Crippen molar-refractivity contribution in [3.63, 3.8) is 0 Å². The topological polar surface area (TPSA) is 21.3 Å². The maximum Gasteiger partial charge on any atom is 0.135 e. The molecule has 3 heteroatoms. The van der Waals surface area contributed by atoms with Crippen LogP contribution < -0.4 is 15.5 Å². The molecule has 0 unspecified atom stereocenters. The van der Waals surface area contributed by atoms with E-state index < -0.39 is 0 Å². The smallest absolute Gasteiger partial charge is 0.135 e. The Balaban J connectivity index is 0.834. The number of benzene rings is 9. The van der Waals surface area contributed by atoms with Crippen LogP contribution in [0.2, 0.25) is 0 Å². The zero-order valence-electron chi connectivity index (χ0n) is 41.7. The Kier molecular flexibility index (Phi) is 12.6. The fraction of sp³-hybridized carbons (Fsp3) is 0.0278. The minimum Gasteiger partial charge on any atom is -0.456 e. The Morgan fingerprint density at radius 2 is 0.987 bits per heavy atom. The van der Waals surface area contributed by atoms with Crippen LogP contribution in [0, 0.1) is 0 Å². The molecule has 0 spiro atoms. The molecule has 2 aromatic heterocycles. The third kappa shape index (κ3) is 9.36. The molecule has 2 heterocycles. The molecule has 0 fully saturated rings. The predicted molar refractivity (Wildman–Crippen MR) is 320 cm³/mol. The van der Waals surface area contributed by atoms with Crippen LogP contribution in [-0.4, -0.2) is 4.57 Å². The first-order valence-electron chi connectivity index (χ1n) is 25.6. The van der Waals surface area contributed by atoms with Crippen LogP contribution in [0.15, 0.2) is 279 Å². The average molecular weight is 963 g/mol. The molecule has 0 aliphatic heterocycles. The van der Waals surface area contributed by atoms with Crippen LogP contribution >= 0.6 is 0 Å². The number of furan rings is 1. The first-order valence-corrected chi connectivity index (χ1v) is 25.6. The number of anilines is 2. The van der Waals surface area contributed by atoms with Crippen molar-refractivity contribution in [1.29, 1.82) is 0 Å². The van der Waals surface area contributed by atoms with Crippen LogP contribution in [0.4, 0.5) is 11.4 Å². The number of hydrogen-bond donors (Lipinski definition) is 0. The van der Waals surface area contributed by atoms with Crippen LogP contribution in [0.1, 0.15) is 24.0 Å². The Hall–Kier alpha value is -9.70. The Morgan fingerprint density at radius 1 is 0.467 bits per heavy atom. The number of aromatic nitrogens is 1. The van der Waals surface area contributed by atoms with Crippen LogP contribution in [0.3, 0.4) is 0 Å². The van der Waals surface area contributed by atoms with Gasteiger partial charge in [0.25, 0.3) is 0 Å². The summed E-state index contributed by atoms with van der Waals surface area (Å²) >= 11 is 0. The highest BCUT2D eigenvalue weighted by molar-refractivity contribution is 6.07. The molecule has 75 heavy (non-hydrogen) atoms. The summed E-state index contributed by atoms with van der Waals surface area (Å²) < 4.78 is 8.84. The zero-order valence-corrected chi connectivity index (χ0v) is 41.7. The summed E-state index contributed by atoms with van der Waals surface area (Å²) in [4.78, 5) is 2.20. The number of para-hydroxylation sites is 1. The summed E-state index contributed by atoms with van der Waals surface area (Å²) in [5.41, 5.74) is 19.2. The predicted octanol–water partition coefficient (Wildman–Crippen LogP) is 18.2. The maximum atomic E-state index is 6.44. The number of hydrogen-bond acceptors (Lipinski definition) is 2. The normalized spacial score (nSPS) is 12.4. The lowest BCUT2D eigenvalue weighted by molar-refractivity contribution is 0.669. The van der Waals surface area contributed by atoms with E-state index in [1.165, 1.54) is 43.8 Å². The van der Waals surface area contributed by atoms with E-state index in [1.54, 1.807) is 6.08 Å². The fourth-order valence-corrected chi connectivity index (χ4v) is 10.4. The molecule has 0 atom stereocenters. The highest BCUT2D eigenvalue weighted by Crippen LogP contribution is 2.37. The summed E-state index contributed by atoms with van der Waals surface area (Å²) in [6, 6.07) is 75.8. The van der Waals surface area contributed by atoms with E-state index in [0.29, 0.717) is 0 Å². The molecule has 0 bridgehead atoms. The number of allylic oxidation sites excluding steroid dienone is 7. The fourth-order valence-electron chi connectivity index (χ4n) is 10.4. The van der Waals surface area contributed by atoms with Crippen molar-refractivity contribution in [1.82, 2.24) is 4.57 Å². The van der Waals surface area contributed by atoms with Gasteiger partial charge in [0.1, 0.15) is 11.2 Å². The van der Waals surface area contributed by atoms with Gasteiger partial charge >= 0.3 is 0 Å². The van der Waals surface area contributed by atoms with Crippen molar-refractivity contribution in [2.75, 3.05) is 4.90 Å². The van der Waals surface area contributed by atoms with Gasteiger partial charge in [-0.05, 0) is 153 Å². The lowest BCUT2D eigenvalue weighted by Gasteiger charge is -2.26. The first-order chi connectivity index (χ1) is 37.0. The zero-order chi connectivity index (χ0) is 50.7. The molecular formula is C72H54N2O. The molecular weight excluding hydrogens is 909 g/mol. The Morgan fingerprint density at radius 3 is 1.63 bits per heavy atom. The molecule has 0 saturated carbocycles. The van der Waals surface area contributed by atoms with E-state index in [1.807, 2.05) is 24.3 Å². The largest absolute Gasteiger partial charge is 0.456 e. The van der Waals surface area contributed by atoms with Gasteiger partial charge in [-0.3, -0.25) is 0 Å². The molecule has 11 aromatic rings. The minimum atomic E-state index is 0.804. The van der Waals surface area contributed by atoms with E-state index in [-0.39, 0.29) is 0 Å². The van der Waals surface area contributed by atoms with Gasteiger partial charge in [-0.15, -0.1) is 0 Å². The summed E-state index contributed by atoms with van der Waals surface area (Å²) in [5.74, 6) is 0. The number of nitrogens with zero attached hydrogens (tertiary/aromatic N) is 2. The molecule has 0 radical (unpaired) electrons. The molecule has 0 saturated heterocycles. The lowest BCUT2D eigenvalue weighted by atomic mass is 9.99. The second-order valence-electron chi connectivity index (χ2n) is 19.0. The molecule has 1 aliphatic carbocycles. The monoisotopic (exact) mass is 962 g/mol. The van der Waals surface area contributed by atoms with Gasteiger partial charge in [0, 0.05) is 49.5 Å². The molecule has 0 amide bonds. The van der Waals surface area contributed by atoms with Gasteiger partial charge in [-0.2, -0.15) is 0 Å². The summed E-state index contributed by atoms with van der Waals surface area (Å²) in [6.45, 7) is 13.0. The molecule has 12 rings (SSSR count). The first kappa shape index (κ1) is 46.4. The van der Waals surface area contributed by atoms with E-state index >= 15 is 0 Å². The van der Waals surface area contributed by atoms with Crippen molar-refractivity contribution >= 4 is 68.0 Å². The average Bonchev–Trinajstić information content (AvgIpc) is 4.04. The van der Waals surface area contributed by atoms with Crippen LogP contribution in [-0.2, 0) is 0 Å². The third-order valence-corrected chi connectivity index (χ3v) is 14.3. The van der Waals surface area contributed by atoms with E-state index in [2.05, 4.69) is 266 Å². The summed E-state index contributed by atoms with van der Waals surface area (Å²) in [5, 5.41) is 5.99.